The Kier molecular flexibility index (Phi) is 4.80. The fourth-order valence-electron chi connectivity index (χ4n) is 3.12. The minimum Gasteiger partial charge on any atom is -0.494 e. The molecular weight excluding hydrogens is 240 g/mol. The molecule has 0 heterocycles. The van der Waals surface area contributed by atoms with E-state index < -0.39 is 0 Å². The minimum atomic E-state index is -0.220. The zero-order valence-corrected chi connectivity index (χ0v) is 11.8. The van der Waals surface area contributed by atoms with E-state index in [0.717, 1.165) is 24.2 Å². The summed E-state index contributed by atoms with van der Waals surface area (Å²) in [6, 6.07) is 8.01. The summed E-state index contributed by atoms with van der Waals surface area (Å²) in [6.07, 6.45) is 4.42. The fourth-order valence-corrected chi connectivity index (χ4v) is 3.12. The molecular formula is C15H24N2O2. The van der Waals surface area contributed by atoms with Gasteiger partial charge in [0.05, 0.1) is 18.2 Å². The minimum absolute atomic E-state index is 0.0391. The number of nitrogens with two attached hydrogens (primary N) is 1. The molecule has 19 heavy (non-hydrogen) atoms. The van der Waals surface area contributed by atoms with E-state index in [4.69, 9.17) is 15.3 Å². The van der Waals surface area contributed by atoms with E-state index in [9.17, 15) is 0 Å². The predicted molar refractivity (Wildman–Crippen MR) is 75.9 cm³/mol. The highest BCUT2D eigenvalue weighted by atomic mass is 16.5. The van der Waals surface area contributed by atoms with Crippen molar-refractivity contribution in [2.75, 3.05) is 13.7 Å². The Labute approximate surface area is 115 Å². The standard InChI is InChI=1S/C15H24N2O2/c1-3-19-13-9-5-4-8-12(13)14(17-16)15(18-2)10-6-7-11-15/h4-5,8-9,14,17H,3,6-7,10-11,16H2,1-2H3. The second-order valence-electron chi connectivity index (χ2n) is 5.05. The Morgan fingerprint density at radius 2 is 2.00 bits per heavy atom. The summed E-state index contributed by atoms with van der Waals surface area (Å²) in [5.74, 6) is 6.71. The highest BCUT2D eigenvalue weighted by Gasteiger charge is 2.43. The number of ether oxygens (including phenoxy) is 2. The van der Waals surface area contributed by atoms with Crippen LogP contribution in [0.4, 0.5) is 0 Å². The Balaban J connectivity index is 2.35. The molecule has 1 aliphatic carbocycles. The van der Waals surface area contributed by atoms with E-state index in [1.54, 1.807) is 7.11 Å². The topological polar surface area (TPSA) is 56.5 Å². The van der Waals surface area contributed by atoms with Crippen molar-refractivity contribution in [1.29, 1.82) is 0 Å². The van der Waals surface area contributed by atoms with Crippen molar-refractivity contribution < 1.29 is 9.47 Å². The van der Waals surface area contributed by atoms with Gasteiger partial charge in [-0.15, -0.1) is 0 Å². The Bertz CT molecular complexity index is 403. The van der Waals surface area contributed by atoms with Crippen LogP contribution in [0, 0.1) is 0 Å². The molecule has 0 radical (unpaired) electrons. The van der Waals surface area contributed by atoms with Crippen LogP contribution in [-0.2, 0) is 4.74 Å². The zero-order chi connectivity index (χ0) is 13.7. The third-order valence-electron chi connectivity index (χ3n) is 4.08. The maximum atomic E-state index is 5.84. The molecule has 1 aliphatic rings. The molecule has 106 valence electrons. The van der Waals surface area contributed by atoms with Crippen LogP contribution in [0.15, 0.2) is 24.3 Å². The largest absolute Gasteiger partial charge is 0.494 e. The summed E-state index contributed by atoms with van der Waals surface area (Å²) in [5, 5.41) is 0. The first-order valence-electron chi connectivity index (χ1n) is 7.00. The average molecular weight is 264 g/mol. The zero-order valence-electron chi connectivity index (χ0n) is 11.8. The van der Waals surface area contributed by atoms with Crippen molar-refractivity contribution in [3.63, 3.8) is 0 Å². The first-order valence-corrected chi connectivity index (χ1v) is 7.00. The van der Waals surface area contributed by atoms with Crippen molar-refractivity contribution in [2.24, 2.45) is 5.84 Å². The Morgan fingerprint density at radius 3 is 2.58 bits per heavy atom. The third-order valence-corrected chi connectivity index (χ3v) is 4.08. The normalized spacial score (nSPS) is 19.3. The summed E-state index contributed by atoms with van der Waals surface area (Å²) in [5.41, 5.74) is 3.80. The second kappa shape index (κ2) is 6.37. The highest BCUT2D eigenvalue weighted by Crippen LogP contribution is 2.44. The van der Waals surface area contributed by atoms with Gasteiger partial charge in [0.15, 0.2) is 0 Å². The van der Waals surface area contributed by atoms with Gasteiger partial charge >= 0.3 is 0 Å². The van der Waals surface area contributed by atoms with E-state index in [1.807, 2.05) is 25.1 Å². The maximum Gasteiger partial charge on any atom is 0.124 e. The number of methoxy groups -OCH3 is 1. The molecule has 1 aromatic carbocycles. The lowest BCUT2D eigenvalue weighted by Gasteiger charge is -2.36. The smallest absolute Gasteiger partial charge is 0.124 e. The molecule has 1 atom stereocenters. The molecule has 0 spiro atoms. The van der Waals surface area contributed by atoms with Crippen LogP contribution in [0.25, 0.3) is 0 Å². The molecule has 4 nitrogen and oxygen atoms in total. The molecule has 0 aliphatic heterocycles. The number of hydrogen-bond donors (Lipinski definition) is 2. The molecule has 3 N–H and O–H groups in total. The van der Waals surface area contributed by atoms with Crippen LogP contribution in [0.1, 0.15) is 44.2 Å². The number of benzene rings is 1. The Morgan fingerprint density at radius 1 is 1.32 bits per heavy atom. The monoisotopic (exact) mass is 264 g/mol. The summed E-state index contributed by atoms with van der Waals surface area (Å²) >= 11 is 0. The first kappa shape index (κ1) is 14.3. The van der Waals surface area contributed by atoms with Crippen LogP contribution in [0.5, 0.6) is 5.75 Å². The van der Waals surface area contributed by atoms with Gasteiger partial charge in [-0.3, -0.25) is 5.84 Å². The van der Waals surface area contributed by atoms with E-state index in [1.165, 1.54) is 12.8 Å². The number of nitrogens with one attached hydrogen (secondary N) is 1. The van der Waals surface area contributed by atoms with Gasteiger partial charge in [-0.1, -0.05) is 31.0 Å². The molecule has 1 aromatic rings. The van der Waals surface area contributed by atoms with E-state index in [0.29, 0.717) is 6.61 Å². The molecule has 0 bridgehead atoms. The van der Waals surface area contributed by atoms with Gasteiger partial charge in [-0.05, 0) is 25.8 Å². The van der Waals surface area contributed by atoms with Crippen molar-refractivity contribution in [1.82, 2.24) is 5.43 Å². The van der Waals surface area contributed by atoms with E-state index >= 15 is 0 Å². The van der Waals surface area contributed by atoms with Crippen LogP contribution in [-0.4, -0.2) is 19.3 Å². The Hall–Kier alpha value is -1.10. The molecule has 0 amide bonds. The van der Waals surface area contributed by atoms with Gasteiger partial charge in [0.25, 0.3) is 0 Å². The SMILES string of the molecule is CCOc1ccccc1C(NN)C1(OC)CCCC1. The first-order chi connectivity index (χ1) is 9.27. The number of hydrogen-bond acceptors (Lipinski definition) is 4. The van der Waals surface area contributed by atoms with Gasteiger partial charge in [0, 0.05) is 12.7 Å². The maximum absolute atomic E-state index is 5.84. The van der Waals surface area contributed by atoms with Crippen LogP contribution in [0.3, 0.4) is 0 Å². The van der Waals surface area contributed by atoms with Crippen molar-refractivity contribution in [2.45, 2.75) is 44.2 Å². The lowest BCUT2D eigenvalue weighted by Crippen LogP contribution is -2.46. The molecule has 0 aromatic heterocycles. The molecule has 4 heteroatoms. The van der Waals surface area contributed by atoms with Crippen LogP contribution >= 0.6 is 0 Å². The quantitative estimate of drug-likeness (QED) is 0.612. The molecule has 0 saturated heterocycles. The van der Waals surface area contributed by atoms with Gasteiger partial charge in [0.1, 0.15) is 5.75 Å². The van der Waals surface area contributed by atoms with Crippen molar-refractivity contribution in [3.8, 4) is 5.75 Å². The molecule has 1 fully saturated rings. The summed E-state index contributed by atoms with van der Waals surface area (Å²) in [6.45, 7) is 2.64. The lowest BCUT2D eigenvalue weighted by molar-refractivity contribution is -0.0374. The van der Waals surface area contributed by atoms with E-state index in [-0.39, 0.29) is 11.6 Å². The third kappa shape index (κ3) is 2.76. The predicted octanol–water partition coefficient (Wildman–Crippen LogP) is 2.55. The molecule has 1 saturated carbocycles. The fraction of sp³-hybridized carbons (Fsp3) is 0.600. The van der Waals surface area contributed by atoms with Crippen LogP contribution in [0.2, 0.25) is 0 Å². The summed E-state index contributed by atoms with van der Waals surface area (Å²) < 4.78 is 11.6. The number of rotatable bonds is 6. The van der Waals surface area contributed by atoms with Gasteiger partial charge < -0.3 is 9.47 Å². The van der Waals surface area contributed by atoms with Gasteiger partial charge in [-0.25, -0.2) is 5.43 Å². The summed E-state index contributed by atoms with van der Waals surface area (Å²) in [4.78, 5) is 0. The van der Waals surface area contributed by atoms with E-state index in [2.05, 4.69) is 11.5 Å². The molecule has 2 rings (SSSR count). The van der Waals surface area contributed by atoms with Crippen molar-refractivity contribution in [3.05, 3.63) is 29.8 Å². The highest BCUT2D eigenvalue weighted by molar-refractivity contribution is 5.38. The number of para-hydroxylation sites is 1. The summed E-state index contributed by atoms with van der Waals surface area (Å²) in [7, 11) is 1.78. The number of hydrazine groups is 1. The lowest BCUT2D eigenvalue weighted by atomic mass is 9.86. The molecule has 1 unspecified atom stereocenters. The average Bonchev–Trinajstić information content (AvgIpc) is 2.92. The van der Waals surface area contributed by atoms with Gasteiger partial charge in [0.2, 0.25) is 0 Å². The van der Waals surface area contributed by atoms with Gasteiger partial charge in [-0.2, -0.15) is 0 Å². The second-order valence-corrected chi connectivity index (χ2v) is 5.05. The van der Waals surface area contributed by atoms with Crippen LogP contribution < -0.4 is 16.0 Å². The van der Waals surface area contributed by atoms with Crippen molar-refractivity contribution >= 4 is 0 Å².